The van der Waals surface area contributed by atoms with E-state index >= 15 is 0 Å². The van der Waals surface area contributed by atoms with E-state index in [2.05, 4.69) is 39.8 Å². The number of carbonyl (C=O) groups is 3. The molecule has 0 unspecified atom stereocenters. The molecule has 0 spiro atoms. The van der Waals surface area contributed by atoms with Crippen molar-refractivity contribution in [2.75, 3.05) is 0 Å². The van der Waals surface area contributed by atoms with Gasteiger partial charge in [0.2, 0.25) is 0 Å². The third-order valence-electron chi connectivity index (χ3n) is 4.34. The van der Waals surface area contributed by atoms with E-state index in [9.17, 15) is 14.4 Å². The number of aromatic amines is 1. The van der Waals surface area contributed by atoms with Gasteiger partial charge in [-0.25, -0.2) is 14.6 Å². The van der Waals surface area contributed by atoms with Gasteiger partial charge in [-0.15, -0.1) is 0 Å². The molecule has 3 N–H and O–H groups in total. The van der Waals surface area contributed by atoms with Gasteiger partial charge in [-0.1, -0.05) is 18.2 Å². The van der Waals surface area contributed by atoms with E-state index in [0.717, 1.165) is 17.0 Å². The third kappa shape index (κ3) is 5.90. The van der Waals surface area contributed by atoms with Gasteiger partial charge in [0.05, 0.1) is 24.0 Å². The summed E-state index contributed by atoms with van der Waals surface area (Å²) in [5.74, 6) is -2.32. The van der Waals surface area contributed by atoms with Crippen molar-refractivity contribution in [2.45, 2.75) is 26.7 Å². The molecule has 3 rings (SSSR count). The molecule has 3 aromatic rings. The second-order valence-electron chi connectivity index (χ2n) is 6.61. The number of carboxylic acid groups (broad SMARTS) is 2. The van der Waals surface area contributed by atoms with E-state index in [1.165, 1.54) is 16.5 Å². The van der Waals surface area contributed by atoms with Crippen molar-refractivity contribution in [3.8, 4) is 0 Å². The van der Waals surface area contributed by atoms with Crippen molar-refractivity contribution in [3.05, 3.63) is 65.4 Å². The van der Waals surface area contributed by atoms with Gasteiger partial charge in [0.1, 0.15) is 5.78 Å². The first-order chi connectivity index (χ1) is 13.7. The van der Waals surface area contributed by atoms with Crippen LogP contribution in [0.25, 0.3) is 10.9 Å². The minimum atomic E-state index is -1.26. The van der Waals surface area contributed by atoms with Crippen molar-refractivity contribution >= 4 is 28.6 Å². The predicted octanol–water partition coefficient (Wildman–Crippen LogP) is 2.58. The Hall–Kier alpha value is -3.68. The molecule has 0 atom stereocenters. The number of aromatic nitrogens is 3. The summed E-state index contributed by atoms with van der Waals surface area (Å²) in [6.07, 6.45) is 5.65. The minimum Gasteiger partial charge on any atom is -0.478 e. The summed E-state index contributed by atoms with van der Waals surface area (Å²) in [4.78, 5) is 38.6. The fourth-order valence-corrected chi connectivity index (χ4v) is 3.06. The highest BCUT2D eigenvalue weighted by Crippen LogP contribution is 2.24. The van der Waals surface area contributed by atoms with Crippen molar-refractivity contribution in [2.24, 2.45) is 7.05 Å². The lowest BCUT2D eigenvalue weighted by Crippen LogP contribution is -2.07. The van der Waals surface area contributed by atoms with Gasteiger partial charge in [0.15, 0.2) is 0 Å². The number of H-pyrrole nitrogens is 1. The number of hydrogen-bond acceptors (Lipinski definition) is 4. The van der Waals surface area contributed by atoms with Crippen LogP contribution in [0.5, 0.6) is 0 Å². The number of nitrogens with one attached hydrogen (secondary N) is 1. The number of benzene rings is 1. The SMILES string of the molecule is Cc1[nH]cnc1CC(=O)Cc1cn(C)c2c(C)cccc12.O=C(O)C=CC(=O)O. The number of nitrogens with zero attached hydrogens (tertiary/aromatic N) is 2. The van der Waals surface area contributed by atoms with Crippen LogP contribution in [0.4, 0.5) is 0 Å². The average molecular weight is 397 g/mol. The molecule has 0 saturated heterocycles. The van der Waals surface area contributed by atoms with E-state index in [1.54, 1.807) is 6.33 Å². The van der Waals surface area contributed by atoms with Crippen molar-refractivity contribution < 1.29 is 24.6 Å². The molecule has 1 aromatic carbocycles. The number of Topliss-reactive ketones (excluding diaryl/α,β-unsaturated/α-hetero) is 1. The fraction of sp³-hybridized carbons (Fsp3) is 0.238. The smallest absolute Gasteiger partial charge is 0.328 e. The summed E-state index contributed by atoms with van der Waals surface area (Å²) >= 11 is 0. The maximum Gasteiger partial charge on any atom is 0.328 e. The first kappa shape index (κ1) is 21.6. The van der Waals surface area contributed by atoms with Gasteiger partial charge >= 0.3 is 11.9 Å². The minimum absolute atomic E-state index is 0.194. The highest BCUT2D eigenvalue weighted by molar-refractivity contribution is 5.92. The van der Waals surface area contributed by atoms with Crippen molar-refractivity contribution in [3.63, 3.8) is 0 Å². The molecule has 8 heteroatoms. The van der Waals surface area contributed by atoms with Crippen LogP contribution in [0, 0.1) is 13.8 Å². The summed E-state index contributed by atoms with van der Waals surface area (Å²) < 4.78 is 2.10. The van der Waals surface area contributed by atoms with Gasteiger partial charge in [-0.3, -0.25) is 4.79 Å². The number of imidazole rings is 1. The largest absolute Gasteiger partial charge is 0.478 e. The second kappa shape index (κ2) is 9.50. The zero-order valence-corrected chi connectivity index (χ0v) is 16.5. The molecule has 0 radical (unpaired) electrons. The van der Waals surface area contributed by atoms with Gasteiger partial charge in [0.25, 0.3) is 0 Å². The lowest BCUT2D eigenvalue weighted by Gasteiger charge is -2.01. The average Bonchev–Trinajstić information content (AvgIpc) is 3.18. The molecule has 0 bridgehead atoms. The number of ketones is 1. The van der Waals surface area contributed by atoms with E-state index in [4.69, 9.17) is 10.2 Å². The van der Waals surface area contributed by atoms with Crippen LogP contribution in [0.15, 0.2) is 42.9 Å². The summed E-state index contributed by atoms with van der Waals surface area (Å²) in [5.41, 5.74) is 5.34. The summed E-state index contributed by atoms with van der Waals surface area (Å²) in [6.45, 7) is 4.04. The van der Waals surface area contributed by atoms with Crippen LogP contribution >= 0.6 is 0 Å². The molecule has 0 amide bonds. The van der Waals surface area contributed by atoms with Crippen LogP contribution in [-0.2, 0) is 34.3 Å². The maximum absolute atomic E-state index is 12.3. The van der Waals surface area contributed by atoms with Gasteiger partial charge in [-0.05, 0) is 25.0 Å². The number of aryl methyl sites for hydroxylation is 3. The molecule has 0 aliphatic heterocycles. The number of rotatable bonds is 6. The van der Waals surface area contributed by atoms with Crippen LogP contribution in [0.1, 0.15) is 22.5 Å². The van der Waals surface area contributed by atoms with Crippen LogP contribution in [0.2, 0.25) is 0 Å². The maximum atomic E-state index is 12.3. The Morgan fingerprint density at radius 2 is 1.76 bits per heavy atom. The normalized spacial score (nSPS) is 10.7. The molecule has 2 heterocycles. The lowest BCUT2D eigenvalue weighted by atomic mass is 10.0. The molecule has 29 heavy (non-hydrogen) atoms. The Kier molecular flexibility index (Phi) is 7.08. The highest BCUT2D eigenvalue weighted by atomic mass is 16.4. The van der Waals surface area contributed by atoms with Crippen LogP contribution < -0.4 is 0 Å². The van der Waals surface area contributed by atoms with E-state index < -0.39 is 11.9 Å². The lowest BCUT2D eigenvalue weighted by molar-refractivity contribution is -0.134. The number of para-hydroxylation sites is 1. The van der Waals surface area contributed by atoms with E-state index in [0.29, 0.717) is 25.0 Å². The Balaban J connectivity index is 0.000000321. The molecule has 2 aromatic heterocycles. The zero-order valence-electron chi connectivity index (χ0n) is 16.5. The summed E-state index contributed by atoms with van der Waals surface area (Å²) in [5, 5.41) is 16.8. The number of hydrogen-bond donors (Lipinski definition) is 3. The van der Waals surface area contributed by atoms with Crippen LogP contribution in [0.3, 0.4) is 0 Å². The molecule has 8 nitrogen and oxygen atoms in total. The second-order valence-corrected chi connectivity index (χ2v) is 6.61. The standard InChI is InChI=1S/C17H19N3O.C4H4O4/c1-11-5-4-6-15-13(9-20(3)17(11)15)7-14(21)8-16-12(2)18-10-19-16;5-3(6)1-2-4(7)8/h4-6,9-10H,7-8H2,1-3H3,(H,18,19);1-2H,(H,5,6)(H,7,8). The predicted molar refractivity (Wildman–Crippen MR) is 108 cm³/mol. The molecule has 0 fully saturated rings. The topological polar surface area (TPSA) is 125 Å². The summed E-state index contributed by atoms with van der Waals surface area (Å²) in [7, 11) is 2.03. The molecule has 0 saturated carbocycles. The van der Waals surface area contributed by atoms with Crippen molar-refractivity contribution in [1.29, 1.82) is 0 Å². The highest BCUT2D eigenvalue weighted by Gasteiger charge is 2.14. The van der Waals surface area contributed by atoms with E-state index in [-0.39, 0.29) is 5.78 Å². The zero-order chi connectivity index (χ0) is 21.6. The number of carbonyl (C=O) groups excluding carboxylic acids is 1. The first-order valence-electron chi connectivity index (χ1n) is 8.87. The molecule has 152 valence electrons. The number of fused-ring (bicyclic) bond motifs is 1. The quantitative estimate of drug-likeness (QED) is 0.549. The Morgan fingerprint density at radius 3 is 2.31 bits per heavy atom. The Morgan fingerprint density at radius 1 is 1.10 bits per heavy atom. The third-order valence-corrected chi connectivity index (χ3v) is 4.34. The molecule has 0 aliphatic carbocycles. The number of carboxylic acids is 2. The molecular formula is C21H23N3O5. The molecule has 0 aliphatic rings. The van der Waals surface area contributed by atoms with Gasteiger partial charge < -0.3 is 19.8 Å². The van der Waals surface area contributed by atoms with Gasteiger partial charge in [-0.2, -0.15) is 0 Å². The van der Waals surface area contributed by atoms with Gasteiger partial charge in [0, 0.05) is 42.9 Å². The summed E-state index contributed by atoms with van der Waals surface area (Å²) in [6, 6.07) is 6.23. The van der Waals surface area contributed by atoms with Crippen LogP contribution in [-0.4, -0.2) is 42.5 Å². The first-order valence-corrected chi connectivity index (χ1v) is 8.87. The fourth-order valence-electron chi connectivity index (χ4n) is 3.06. The Bertz CT molecular complexity index is 1060. The number of aliphatic carboxylic acids is 2. The monoisotopic (exact) mass is 397 g/mol. The van der Waals surface area contributed by atoms with Crippen molar-refractivity contribution in [1.82, 2.24) is 14.5 Å². The molecular weight excluding hydrogens is 374 g/mol. The Labute approximate surface area is 167 Å². The van der Waals surface area contributed by atoms with E-state index in [1.807, 2.05) is 20.0 Å².